The first-order valence-electron chi connectivity index (χ1n) is 10.6. The van der Waals surface area contributed by atoms with E-state index < -0.39 is 0 Å². The number of hydrogen-bond acceptors (Lipinski definition) is 1. The summed E-state index contributed by atoms with van der Waals surface area (Å²) in [6.45, 7) is 28.2. The lowest BCUT2D eigenvalue weighted by Gasteiger charge is -2.10. The third-order valence-corrected chi connectivity index (χ3v) is 4.96. The second-order valence-corrected chi connectivity index (χ2v) is 8.34. The van der Waals surface area contributed by atoms with Crippen LogP contribution in [0, 0.1) is 29.6 Å². The topological polar surface area (TPSA) is 20.2 Å². The molecule has 0 aromatic carbocycles. The van der Waals surface area contributed by atoms with Crippen LogP contribution in [0.5, 0.6) is 0 Å². The van der Waals surface area contributed by atoms with Crippen molar-refractivity contribution in [3.63, 3.8) is 0 Å². The van der Waals surface area contributed by atoms with E-state index >= 15 is 0 Å². The minimum Gasteiger partial charge on any atom is -0.393 e. The van der Waals surface area contributed by atoms with E-state index in [0.29, 0.717) is 5.92 Å². The van der Waals surface area contributed by atoms with Gasteiger partial charge in [0.15, 0.2) is 0 Å². The van der Waals surface area contributed by atoms with Crippen LogP contribution in [-0.2, 0) is 0 Å². The van der Waals surface area contributed by atoms with Crippen LogP contribution >= 0.6 is 0 Å². The van der Waals surface area contributed by atoms with Crippen molar-refractivity contribution in [3.8, 4) is 0 Å². The monoisotopic (exact) mass is 346 g/mol. The van der Waals surface area contributed by atoms with Crippen molar-refractivity contribution in [2.75, 3.05) is 0 Å². The van der Waals surface area contributed by atoms with E-state index in [9.17, 15) is 0 Å². The fourth-order valence-electron chi connectivity index (χ4n) is 0.760. The molecule has 0 amide bonds. The third kappa shape index (κ3) is 37.9. The van der Waals surface area contributed by atoms with E-state index in [1.54, 1.807) is 6.92 Å². The van der Waals surface area contributed by atoms with Crippen LogP contribution in [0.4, 0.5) is 0 Å². The zero-order valence-electron chi connectivity index (χ0n) is 19.7. The Balaban J connectivity index is -0.000000112. The van der Waals surface area contributed by atoms with Gasteiger partial charge in [-0.2, -0.15) is 0 Å². The SMILES string of the molecule is CC(C)C(C)O.CCC(C)C.CCC(C)C(C)C.CCC(C)CC. The van der Waals surface area contributed by atoms with Gasteiger partial charge in [-0.3, -0.25) is 0 Å². The molecule has 0 radical (unpaired) electrons. The molecule has 0 bridgehead atoms. The summed E-state index contributed by atoms with van der Waals surface area (Å²) >= 11 is 0. The number of aliphatic hydroxyl groups excluding tert-OH is 1. The van der Waals surface area contributed by atoms with Gasteiger partial charge in [0.1, 0.15) is 0 Å². The van der Waals surface area contributed by atoms with Gasteiger partial charge in [0.05, 0.1) is 6.10 Å². The molecule has 2 atom stereocenters. The predicted molar refractivity (Wildman–Crippen MR) is 116 cm³/mol. The molecule has 0 aliphatic rings. The minimum absolute atomic E-state index is 0.148. The maximum atomic E-state index is 8.63. The Morgan fingerprint density at radius 3 is 0.833 bits per heavy atom. The van der Waals surface area contributed by atoms with Gasteiger partial charge in [-0.25, -0.2) is 0 Å². The van der Waals surface area contributed by atoms with Gasteiger partial charge in [-0.15, -0.1) is 0 Å². The molecule has 0 rings (SSSR count). The fourth-order valence-corrected chi connectivity index (χ4v) is 0.760. The average Bonchev–Trinajstić information content (AvgIpc) is 2.54. The smallest absolute Gasteiger partial charge is 0.0535 e. The molecule has 0 fully saturated rings. The summed E-state index contributed by atoms with van der Waals surface area (Å²) in [4.78, 5) is 0. The normalized spacial score (nSPS) is 12.8. The molecule has 0 aromatic rings. The number of aliphatic hydroxyl groups is 1. The summed E-state index contributed by atoms with van der Waals surface area (Å²) in [5, 5.41) is 8.63. The van der Waals surface area contributed by atoms with E-state index in [4.69, 9.17) is 5.11 Å². The van der Waals surface area contributed by atoms with Gasteiger partial charge < -0.3 is 5.11 Å². The van der Waals surface area contributed by atoms with Crippen LogP contribution in [0.2, 0.25) is 0 Å². The number of hydrogen-bond donors (Lipinski definition) is 1. The van der Waals surface area contributed by atoms with Crippen LogP contribution in [0.3, 0.4) is 0 Å². The van der Waals surface area contributed by atoms with E-state index in [0.717, 1.165) is 23.7 Å². The molecule has 1 nitrogen and oxygen atoms in total. The Labute approximate surface area is 157 Å². The largest absolute Gasteiger partial charge is 0.393 e. The fraction of sp³-hybridized carbons (Fsp3) is 1.00. The van der Waals surface area contributed by atoms with Crippen LogP contribution in [0.25, 0.3) is 0 Å². The minimum atomic E-state index is -0.148. The van der Waals surface area contributed by atoms with Crippen LogP contribution < -0.4 is 0 Å². The summed E-state index contributed by atoms with van der Waals surface area (Å²) in [5.41, 5.74) is 0. The second kappa shape index (κ2) is 23.0. The summed E-state index contributed by atoms with van der Waals surface area (Å²) in [6.07, 6.45) is 5.13. The zero-order valence-corrected chi connectivity index (χ0v) is 19.7. The van der Waals surface area contributed by atoms with Crippen molar-refractivity contribution >= 4 is 0 Å². The average molecular weight is 347 g/mol. The molecule has 1 N–H and O–H groups in total. The van der Waals surface area contributed by atoms with Gasteiger partial charge >= 0.3 is 0 Å². The van der Waals surface area contributed by atoms with Crippen LogP contribution in [0.15, 0.2) is 0 Å². The molecule has 0 saturated carbocycles. The summed E-state index contributed by atoms with van der Waals surface area (Å²) < 4.78 is 0. The molecule has 0 saturated heterocycles. The first-order chi connectivity index (χ1) is 10.9. The van der Waals surface area contributed by atoms with E-state index in [-0.39, 0.29) is 6.10 Å². The molecule has 0 aromatic heterocycles. The van der Waals surface area contributed by atoms with E-state index in [1.807, 2.05) is 13.8 Å². The lowest BCUT2D eigenvalue weighted by atomic mass is 9.96. The van der Waals surface area contributed by atoms with Gasteiger partial charge in [-0.05, 0) is 36.5 Å². The molecule has 24 heavy (non-hydrogen) atoms. The molecule has 0 aliphatic heterocycles. The molecule has 0 aliphatic carbocycles. The van der Waals surface area contributed by atoms with Crippen molar-refractivity contribution in [2.45, 2.75) is 122 Å². The summed E-state index contributed by atoms with van der Waals surface area (Å²) in [7, 11) is 0. The lowest BCUT2D eigenvalue weighted by Crippen LogP contribution is -2.07. The van der Waals surface area contributed by atoms with Crippen molar-refractivity contribution in [1.82, 2.24) is 0 Å². The van der Waals surface area contributed by atoms with Crippen LogP contribution in [0.1, 0.15) is 116 Å². The van der Waals surface area contributed by atoms with Gasteiger partial charge in [0.25, 0.3) is 0 Å². The first kappa shape index (κ1) is 31.7. The van der Waals surface area contributed by atoms with Gasteiger partial charge in [0.2, 0.25) is 0 Å². The molecule has 1 heteroatoms. The Morgan fingerprint density at radius 1 is 0.542 bits per heavy atom. The highest BCUT2D eigenvalue weighted by molar-refractivity contribution is 4.52. The lowest BCUT2D eigenvalue weighted by molar-refractivity contribution is 0.144. The second-order valence-electron chi connectivity index (χ2n) is 8.34. The van der Waals surface area contributed by atoms with Crippen molar-refractivity contribution in [3.05, 3.63) is 0 Å². The van der Waals surface area contributed by atoms with Crippen molar-refractivity contribution in [2.24, 2.45) is 29.6 Å². The van der Waals surface area contributed by atoms with E-state index in [1.165, 1.54) is 25.7 Å². The van der Waals surface area contributed by atoms with Crippen LogP contribution in [-0.4, -0.2) is 11.2 Å². The summed E-state index contributed by atoms with van der Waals surface area (Å²) in [5.74, 6) is 4.00. The Kier molecular flexibility index (Phi) is 30.3. The molecular formula is C23H54O. The number of rotatable bonds is 6. The molecule has 152 valence electrons. The Bertz CT molecular complexity index is 184. The van der Waals surface area contributed by atoms with Crippen molar-refractivity contribution in [1.29, 1.82) is 0 Å². The Morgan fingerprint density at radius 2 is 0.833 bits per heavy atom. The van der Waals surface area contributed by atoms with Gasteiger partial charge in [-0.1, -0.05) is 109 Å². The molecule has 2 unspecified atom stereocenters. The highest BCUT2D eigenvalue weighted by Crippen LogP contribution is 2.11. The molecular weight excluding hydrogens is 292 g/mol. The molecule has 0 heterocycles. The highest BCUT2D eigenvalue weighted by Gasteiger charge is 2.01. The predicted octanol–water partition coefficient (Wildman–Crippen LogP) is 8.21. The van der Waals surface area contributed by atoms with E-state index in [2.05, 4.69) is 69.2 Å². The zero-order chi connectivity index (χ0) is 20.3. The standard InChI is InChI=1S/C7H16.C6H14.C5H12O.C5H12/c1-5-7(4)6(2)3;1-4-6(3)5-2;1-4(2)5(3)6;1-4-5(2)3/h6-7H,5H2,1-4H3;6H,4-5H2,1-3H3;4-6H,1-3H3;5H,4H2,1-3H3. The first-order valence-corrected chi connectivity index (χ1v) is 10.6. The molecule has 0 spiro atoms. The maximum absolute atomic E-state index is 8.63. The Hall–Kier alpha value is -0.0400. The highest BCUT2D eigenvalue weighted by atomic mass is 16.3. The summed E-state index contributed by atoms with van der Waals surface area (Å²) in [6, 6.07) is 0. The third-order valence-electron chi connectivity index (χ3n) is 4.96. The maximum Gasteiger partial charge on any atom is 0.0535 e. The van der Waals surface area contributed by atoms with Crippen molar-refractivity contribution < 1.29 is 5.11 Å². The quantitative estimate of drug-likeness (QED) is 0.513. The van der Waals surface area contributed by atoms with Gasteiger partial charge in [0, 0.05) is 0 Å².